The van der Waals surface area contributed by atoms with Gasteiger partial charge in [-0.15, -0.1) is 0 Å². The minimum Gasteiger partial charge on any atom is -0.493 e. The van der Waals surface area contributed by atoms with Crippen molar-refractivity contribution in [3.8, 4) is 5.75 Å². The first-order valence-corrected chi connectivity index (χ1v) is 5.96. The van der Waals surface area contributed by atoms with Crippen LogP contribution in [-0.4, -0.2) is 6.61 Å². The fraction of sp³-hybridized carbons (Fsp3) is 0.400. The molecule has 0 saturated heterocycles. The van der Waals surface area contributed by atoms with Gasteiger partial charge in [-0.3, -0.25) is 0 Å². The molecule has 13 heavy (non-hydrogen) atoms. The van der Waals surface area contributed by atoms with Crippen molar-refractivity contribution in [3.63, 3.8) is 0 Å². The van der Waals surface area contributed by atoms with E-state index in [4.69, 9.17) is 4.74 Å². The zero-order valence-corrected chi connectivity index (χ0v) is 10.5. The molecule has 1 aliphatic heterocycles. The van der Waals surface area contributed by atoms with E-state index in [1.54, 1.807) is 0 Å². The van der Waals surface area contributed by atoms with Gasteiger partial charge in [0.25, 0.3) is 0 Å². The minimum absolute atomic E-state index is 0.447. The summed E-state index contributed by atoms with van der Waals surface area (Å²) in [6, 6.07) is 4.23. The number of benzene rings is 1. The fourth-order valence-electron chi connectivity index (χ4n) is 1.48. The number of hydrogen-bond donors (Lipinski definition) is 0. The molecule has 0 fully saturated rings. The Morgan fingerprint density at radius 1 is 1.46 bits per heavy atom. The second-order valence-corrected chi connectivity index (χ2v) is 5.20. The molecule has 0 bridgehead atoms. The molecule has 2 rings (SSSR count). The number of rotatable bonds is 0. The molecule has 0 aromatic heterocycles. The summed E-state index contributed by atoms with van der Waals surface area (Å²) in [6.07, 6.45) is 1.05. The van der Waals surface area contributed by atoms with Crippen LogP contribution in [0.2, 0.25) is 0 Å². The number of hydrogen-bond acceptors (Lipinski definition) is 1. The Morgan fingerprint density at radius 2 is 2.23 bits per heavy atom. The molecule has 3 heteroatoms. The maximum absolute atomic E-state index is 5.57. The maximum Gasteiger partial charge on any atom is 0.124 e. The van der Waals surface area contributed by atoms with Gasteiger partial charge in [-0.25, -0.2) is 0 Å². The lowest BCUT2D eigenvalue weighted by atomic mass is 10.0. The summed E-state index contributed by atoms with van der Waals surface area (Å²) in [6.45, 7) is 2.90. The van der Waals surface area contributed by atoms with Crippen LogP contribution >= 0.6 is 31.9 Å². The summed E-state index contributed by atoms with van der Waals surface area (Å²) in [7, 11) is 0. The van der Waals surface area contributed by atoms with Crippen molar-refractivity contribution in [2.75, 3.05) is 6.61 Å². The largest absolute Gasteiger partial charge is 0.493 e. The molecule has 1 nitrogen and oxygen atoms in total. The Kier molecular flexibility index (Phi) is 2.65. The van der Waals surface area contributed by atoms with Crippen molar-refractivity contribution in [1.29, 1.82) is 0 Å². The lowest BCUT2D eigenvalue weighted by Crippen LogP contribution is -2.10. The molecule has 0 radical (unpaired) electrons. The van der Waals surface area contributed by atoms with Gasteiger partial charge in [0.2, 0.25) is 0 Å². The summed E-state index contributed by atoms with van der Waals surface area (Å²) in [4.78, 5) is 0.447. The highest BCUT2D eigenvalue weighted by atomic mass is 79.9. The third-order valence-electron chi connectivity index (χ3n) is 2.26. The van der Waals surface area contributed by atoms with E-state index >= 15 is 0 Å². The van der Waals surface area contributed by atoms with Crippen molar-refractivity contribution in [2.45, 2.75) is 18.2 Å². The maximum atomic E-state index is 5.57. The highest BCUT2D eigenvalue weighted by Crippen LogP contribution is 2.40. The third kappa shape index (κ3) is 1.77. The van der Waals surface area contributed by atoms with Crippen LogP contribution in [0.5, 0.6) is 5.75 Å². The molecule has 1 atom stereocenters. The average Bonchev–Trinajstić information content (AvgIpc) is 2.09. The molecule has 1 aromatic rings. The molecule has 70 valence electrons. The fourth-order valence-corrected chi connectivity index (χ4v) is 2.35. The topological polar surface area (TPSA) is 9.23 Å². The SMILES string of the molecule is Cc1cc2c(cc1Br)OCCC2Br. The van der Waals surface area contributed by atoms with E-state index < -0.39 is 0 Å². The Balaban J connectivity index is 2.52. The van der Waals surface area contributed by atoms with Crippen LogP contribution in [0.3, 0.4) is 0 Å². The van der Waals surface area contributed by atoms with E-state index in [1.807, 2.05) is 0 Å². The van der Waals surface area contributed by atoms with Gasteiger partial charge in [0.05, 0.1) is 6.61 Å². The van der Waals surface area contributed by atoms with Gasteiger partial charge in [-0.05, 0) is 25.0 Å². The Morgan fingerprint density at radius 3 is 3.00 bits per heavy atom. The zero-order chi connectivity index (χ0) is 9.42. The molecule has 0 spiro atoms. The monoisotopic (exact) mass is 304 g/mol. The molecule has 0 aliphatic carbocycles. The van der Waals surface area contributed by atoms with Gasteiger partial charge in [-0.1, -0.05) is 37.9 Å². The van der Waals surface area contributed by atoms with Crippen LogP contribution in [-0.2, 0) is 0 Å². The molecule has 1 aromatic carbocycles. The number of ether oxygens (including phenoxy) is 1. The van der Waals surface area contributed by atoms with Crippen molar-refractivity contribution in [3.05, 3.63) is 27.7 Å². The van der Waals surface area contributed by atoms with Crippen molar-refractivity contribution < 1.29 is 4.74 Å². The van der Waals surface area contributed by atoms with Gasteiger partial charge in [0, 0.05) is 14.9 Å². The minimum atomic E-state index is 0.447. The quantitative estimate of drug-likeness (QED) is 0.659. The Labute approximate surface area is 94.7 Å². The Bertz CT molecular complexity index is 336. The van der Waals surface area contributed by atoms with Crippen LogP contribution in [0.15, 0.2) is 16.6 Å². The van der Waals surface area contributed by atoms with Crippen LogP contribution < -0.4 is 4.74 Å². The highest BCUT2D eigenvalue weighted by Gasteiger charge is 2.19. The number of fused-ring (bicyclic) bond motifs is 1. The lowest BCUT2D eigenvalue weighted by molar-refractivity contribution is 0.287. The third-order valence-corrected chi connectivity index (χ3v) is 4.06. The number of alkyl halides is 1. The van der Waals surface area contributed by atoms with Gasteiger partial charge in [0.15, 0.2) is 0 Å². The summed E-state index contributed by atoms with van der Waals surface area (Å²) >= 11 is 7.15. The molecular weight excluding hydrogens is 296 g/mol. The zero-order valence-electron chi connectivity index (χ0n) is 7.31. The van der Waals surface area contributed by atoms with Crippen molar-refractivity contribution >= 4 is 31.9 Å². The predicted molar refractivity (Wildman–Crippen MR) is 60.7 cm³/mol. The van der Waals surface area contributed by atoms with Crippen molar-refractivity contribution in [1.82, 2.24) is 0 Å². The molecule has 0 saturated carbocycles. The normalized spacial score (nSPS) is 20.7. The van der Waals surface area contributed by atoms with Crippen LogP contribution in [0.25, 0.3) is 0 Å². The van der Waals surface area contributed by atoms with E-state index in [1.165, 1.54) is 11.1 Å². The average molecular weight is 306 g/mol. The van der Waals surface area contributed by atoms with E-state index in [-0.39, 0.29) is 0 Å². The molecule has 1 heterocycles. The first-order valence-electron chi connectivity index (χ1n) is 4.25. The molecular formula is C10H10Br2O. The van der Waals surface area contributed by atoms with E-state index in [0.717, 1.165) is 23.2 Å². The molecule has 0 amide bonds. The molecule has 1 unspecified atom stereocenters. The van der Waals surface area contributed by atoms with Crippen molar-refractivity contribution in [2.24, 2.45) is 0 Å². The summed E-state index contributed by atoms with van der Waals surface area (Å²) in [5.74, 6) is 1.01. The van der Waals surface area contributed by atoms with Gasteiger partial charge in [-0.2, -0.15) is 0 Å². The Hall–Kier alpha value is -0.0200. The lowest BCUT2D eigenvalue weighted by Gasteiger charge is -2.22. The standard InChI is InChI=1S/C10H10Br2O/c1-6-4-7-8(11)2-3-13-10(7)5-9(6)12/h4-5,8H,2-3H2,1H3. The second kappa shape index (κ2) is 3.62. The van der Waals surface area contributed by atoms with Gasteiger partial charge >= 0.3 is 0 Å². The van der Waals surface area contributed by atoms with E-state index in [9.17, 15) is 0 Å². The molecule has 0 N–H and O–H groups in total. The van der Waals surface area contributed by atoms with Crippen LogP contribution in [0, 0.1) is 6.92 Å². The first kappa shape index (κ1) is 9.53. The van der Waals surface area contributed by atoms with E-state index in [0.29, 0.717) is 4.83 Å². The van der Waals surface area contributed by atoms with Crippen LogP contribution in [0.4, 0.5) is 0 Å². The highest BCUT2D eigenvalue weighted by molar-refractivity contribution is 9.10. The number of halogens is 2. The summed E-state index contributed by atoms with van der Waals surface area (Å²) < 4.78 is 6.69. The summed E-state index contributed by atoms with van der Waals surface area (Å²) in [5, 5.41) is 0. The predicted octanol–water partition coefficient (Wildman–Crippen LogP) is 3.98. The van der Waals surface area contributed by atoms with Gasteiger partial charge in [0.1, 0.15) is 5.75 Å². The number of aryl methyl sites for hydroxylation is 1. The second-order valence-electron chi connectivity index (χ2n) is 3.24. The van der Waals surface area contributed by atoms with Gasteiger partial charge < -0.3 is 4.74 Å². The van der Waals surface area contributed by atoms with E-state index in [2.05, 4.69) is 50.9 Å². The summed E-state index contributed by atoms with van der Waals surface area (Å²) in [5.41, 5.74) is 2.53. The first-order chi connectivity index (χ1) is 6.18. The van der Waals surface area contributed by atoms with Crippen LogP contribution in [0.1, 0.15) is 22.4 Å². The molecule has 1 aliphatic rings. The smallest absolute Gasteiger partial charge is 0.124 e.